The fourth-order valence-corrected chi connectivity index (χ4v) is 1.19. The van der Waals surface area contributed by atoms with Crippen LogP contribution in [-0.2, 0) is 0 Å². The summed E-state index contributed by atoms with van der Waals surface area (Å²) in [6.45, 7) is -0.0625. The van der Waals surface area contributed by atoms with Crippen molar-refractivity contribution in [1.82, 2.24) is 0 Å². The van der Waals surface area contributed by atoms with Gasteiger partial charge in [-0.25, -0.2) is 0 Å². The van der Waals surface area contributed by atoms with Crippen molar-refractivity contribution in [3.63, 3.8) is 0 Å². The molecule has 0 saturated heterocycles. The fourth-order valence-electron chi connectivity index (χ4n) is 1.19. The van der Waals surface area contributed by atoms with Gasteiger partial charge in [0.25, 0.3) is 0 Å². The summed E-state index contributed by atoms with van der Waals surface area (Å²) in [7, 11) is 0. The zero-order valence-corrected chi connectivity index (χ0v) is 4.93. The topological polar surface area (TPSA) is 40.5 Å². The van der Waals surface area contributed by atoms with E-state index in [0.717, 1.165) is 25.7 Å². The van der Waals surface area contributed by atoms with Gasteiger partial charge in [-0.15, -0.1) is 0 Å². The molecule has 1 fully saturated rings. The first kappa shape index (κ1) is 6.05. The van der Waals surface area contributed by atoms with Crippen LogP contribution in [0.5, 0.6) is 0 Å². The third-order valence-electron chi connectivity index (χ3n) is 1.83. The molecule has 0 bridgehead atoms. The summed E-state index contributed by atoms with van der Waals surface area (Å²) in [6.07, 6.45) is 3.70. The van der Waals surface area contributed by atoms with Gasteiger partial charge in [0.1, 0.15) is 0 Å². The van der Waals surface area contributed by atoms with Gasteiger partial charge < -0.3 is 10.2 Å². The molecule has 2 heteroatoms. The van der Waals surface area contributed by atoms with Gasteiger partial charge >= 0.3 is 0 Å². The predicted octanol–water partition coefficient (Wildman–Crippen LogP) is 0.284. The first-order valence-electron chi connectivity index (χ1n) is 3.10. The van der Waals surface area contributed by atoms with Gasteiger partial charge in [0.05, 0.1) is 12.2 Å². The molecule has 0 aliphatic heterocycles. The van der Waals surface area contributed by atoms with Crippen molar-refractivity contribution < 1.29 is 10.2 Å². The van der Waals surface area contributed by atoms with Crippen LogP contribution < -0.4 is 0 Å². The van der Waals surface area contributed by atoms with Gasteiger partial charge in [-0.1, -0.05) is 12.8 Å². The quantitative estimate of drug-likeness (QED) is 0.516. The lowest BCUT2D eigenvalue weighted by Gasteiger charge is -2.17. The summed E-state index contributed by atoms with van der Waals surface area (Å²) in [5.41, 5.74) is -0.708. The van der Waals surface area contributed by atoms with Gasteiger partial charge in [-0.05, 0) is 12.8 Å². The van der Waals surface area contributed by atoms with Crippen molar-refractivity contribution in [2.45, 2.75) is 31.3 Å². The van der Waals surface area contributed by atoms with Crippen LogP contribution in [0.3, 0.4) is 0 Å². The minimum atomic E-state index is -0.708. The highest BCUT2D eigenvalue weighted by Gasteiger charge is 2.29. The van der Waals surface area contributed by atoms with Crippen LogP contribution in [0.4, 0.5) is 0 Å². The van der Waals surface area contributed by atoms with Crippen molar-refractivity contribution in [1.29, 1.82) is 0 Å². The third kappa shape index (κ3) is 1.01. The van der Waals surface area contributed by atoms with E-state index in [1.54, 1.807) is 0 Å². The first-order chi connectivity index (χ1) is 3.77. The molecule has 0 aromatic heterocycles. The molecule has 0 aromatic carbocycles. The van der Waals surface area contributed by atoms with E-state index in [2.05, 4.69) is 0 Å². The van der Waals surface area contributed by atoms with Gasteiger partial charge in [-0.2, -0.15) is 0 Å². The van der Waals surface area contributed by atoms with E-state index in [-0.39, 0.29) is 6.61 Å². The lowest BCUT2D eigenvalue weighted by molar-refractivity contribution is -0.00796. The summed E-state index contributed by atoms with van der Waals surface area (Å²) >= 11 is 0. The molecule has 0 unspecified atom stereocenters. The molecule has 1 aliphatic carbocycles. The summed E-state index contributed by atoms with van der Waals surface area (Å²) in [4.78, 5) is 0. The average molecular weight is 116 g/mol. The second kappa shape index (κ2) is 2.03. The second-order valence-corrected chi connectivity index (χ2v) is 2.59. The molecule has 0 heterocycles. The van der Waals surface area contributed by atoms with E-state index >= 15 is 0 Å². The molecule has 8 heavy (non-hydrogen) atoms. The molecule has 2 N–H and O–H groups in total. The van der Waals surface area contributed by atoms with Gasteiger partial charge in [0, 0.05) is 0 Å². The Kier molecular flexibility index (Phi) is 1.54. The van der Waals surface area contributed by atoms with E-state index in [9.17, 15) is 5.11 Å². The van der Waals surface area contributed by atoms with E-state index in [1.165, 1.54) is 0 Å². The van der Waals surface area contributed by atoms with Crippen LogP contribution in [0.15, 0.2) is 0 Å². The predicted molar refractivity (Wildman–Crippen MR) is 30.5 cm³/mol. The number of rotatable bonds is 1. The summed E-state index contributed by atoms with van der Waals surface area (Å²) in [5, 5.41) is 17.8. The number of aliphatic hydroxyl groups is 2. The second-order valence-electron chi connectivity index (χ2n) is 2.59. The van der Waals surface area contributed by atoms with Crippen molar-refractivity contribution in [3.8, 4) is 0 Å². The van der Waals surface area contributed by atoms with E-state index in [4.69, 9.17) is 5.11 Å². The molecule has 2 nitrogen and oxygen atoms in total. The fraction of sp³-hybridized carbons (Fsp3) is 1.00. The lowest BCUT2D eigenvalue weighted by Crippen LogP contribution is -2.28. The molecular formula is C6H12O2. The molecule has 1 aliphatic rings. The SMILES string of the molecule is OCC1(O)CCCC1. The normalized spacial score (nSPS) is 26.2. The van der Waals surface area contributed by atoms with Crippen LogP contribution in [0.25, 0.3) is 0 Å². The summed E-state index contributed by atoms with van der Waals surface area (Å²) < 4.78 is 0. The zero-order valence-electron chi connectivity index (χ0n) is 4.93. The molecule has 0 radical (unpaired) electrons. The Hall–Kier alpha value is -0.0800. The molecule has 1 saturated carbocycles. The van der Waals surface area contributed by atoms with Crippen LogP contribution in [-0.4, -0.2) is 22.4 Å². The van der Waals surface area contributed by atoms with Crippen LogP contribution >= 0.6 is 0 Å². The Morgan fingerprint density at radius 3 is 2.00 bits per heavy atom. The Morgan fingerprint density at radius 1 is 1.25 bits per heavy atom. The Bertz CT molecular complexity index is 74.6. The van der Waals surface area contributed by atoms with Crippen molar-refractivity contribution in [3.05, 3.63) is 0 Å². The van der Waals surface area contributed by atoms with E-state index in [1.807, 2.05) is 0 Å². The molecule has 0 aromatic rings. The average Bonchev–Trinajstić information content (AvgIpc) is 2.17. The highest BCUT2D eigenvalue weighted by molar-refractivity contribution is 4.82. The monoisotopic (exact) mass is 116 g/mol. The molecule has 0 amide bonds. The van der Waals surface area contributed by atoms with Crippen molar-refractivity contribution in [2.24, 2.45) is 0 Å². The van der Waals surface area contributed by atoms with Crippen LogP contribution in [0, 0.1) is 0 Å². The smallest absolute Gasteiger partial charge is 0.0877 e. The van der Waals surface area contributed by atoms with Crippen molar-refractivity contribution in [2.75, 3.05) is 6.61 Å². The minimum absolute atomic E-state index is 0.0625. The van der Waals surface area contributed by atoms with Crippen molar-refractivity contribution >= 4 is 0 Å². The Balaban J connectivity index is 2.40. The van der Waals surface area contributed by atoms with E-state index in [0.29, 0.717) is 0 Å². The van der Waals surface area contributed by atoms with Gasteiger partial charge in [0.2, 0.25) is 0 Å². The molecular weight excluding hydrogens is 104 g/mol. The maximum Gasteiger partial charge on any atom is 0.0877 e. The summed E-state index contributed by atoms with van der Waals surface area (Å²) in [6, 6.07) is 0. The standard InChI is InChI=1S/C6H12O2/c7-5-6(8)3-1-2-4-6/h7-8H,1-5H2. The lowest BCUT2D eigenvalue weighted by atomic mass is 10.1. The third-order valence-corrected chi connectivity index (χ3v) is 1.83. The minimum Gasteiger partial charge on any atom is -0.393 e. The first-order valence-corrected chi connectivity index (χ1v) is 3.10. The highest BCUT2D eigenvalue weighted by Crippen LogP contribution is 2.28. The molecule has 0 spiro atoms. The Morgan fingerprint density at radius 2 is 1.75 bits per heavy atom. The maximum absolute atomic E-state index is 9.25. The number of aliphatic hydroxyl groups excluding tert-OH is 1. The number of hydrogen-bond acceptors (Lipinski definition) is 2. The number of hydrogen-bond donors (Lipinski definition) is 2. The molecule has 48 valence electrons. The van der Waals surface area contributed by atoms with Crippen LogP contribution in [0.2, 0.25) is 0 Å². The maximum atomic E-state index is 9.25. The van der Waals surface area contributed by atoms with Gasteiger partial charge in [0.15, 0.2) is 0 Å². The molecule has 0 atom stereocenters. The zero-order chi connectivity index (χ0) is 6.04. The largest absolute Gasteiger partial charge is 0.393 e. The molecule has 1 rings (SSSR count). The van der Waals surface area contributed by atoms with Crippen LogP contribution in [0.1, 0.15) is 25.7 Å². The van der Waals surface area contributed by atoms with Gasteiger partial charge in [-0.3, -0.25) is 0 Å². The highest BCUT2D eigenvalue weighted by atomic mass is 16.3. The van der Waals surface area contributed by atoms with E-state index < -0.39 is 5.60 Å². The Labute approximate surface area is 49.1 Å². The summed E-state index contributed by atoms with van der Waals surface area (Å²) in [5.74, 6) is 0.